The number of hydrogen-bond donors (Lipinski definition) is 0. The van der Waals surface area contributed by atoms with Crippen LogP contribution in [0, 0.1) is 0 Å². The predicted molar refractivity (Wildman–Crippen MR) is 377 cm³/mol. The zero-order valence-corrected chi connectivity index (χ0v) is 55.0. The second-order valence-corrected chi connectivity index (χ2v) is 24.6. The van der Waals surface area contributed by atoms with Gasteiger partial charge in [-0.15, -0.1) is 10.2 Å². The summed E-state index contributed by atoms with van der Waals surface area (Å²) in [7, 11) is 13.4. The summed E-state index contributed by atoms with van der Waals surface area (Å²) in [6.45, 7) is 0.157. The Kier molecular flexibility index (Phi) is 15.4. The van der Waals surface area contributed by atoms with Gasteiger partial charge in [-0.3, -0.25) is 0 Å². The normalized spacial score (nSPS) is 12.4. The molecule has 482 valence electrons. The minimum Gasteiger partial charge on any atom is -0.496 e. The first kappa shape index (κ1) is 60.2. The van der Waals surface area contributed by atoms with Crippen LogP contribution in [-0.2, 0) is 45.3 Å². The van der Waals surface area contributed by atoms with Crippen LogP contribution in [0.1, 0.15) is 67.0 Å². The Morgan fingerprint density at radius 2 is 0.515 bits per heavy atom. The SMILES string of the molecule is COc1cc2c(OC)cc1Cc1cc(OC)c(cc1OC)Cc1cc(OC)c(cc1OC)Cc1cc(OCc3cn(-c4ccc5ccc6cccc7ccc4c5c67)nn3)c(cc1OCc1cn(-c3ccc4ccc5cccc6ccc3c4c56)nn1)Cc1cc(OC)c(cc1OC)C2. The van der Waals surface area contributed by atoms with Crippen LogP contribution in [-0.4, -0.2) is 86.9 Å². The van der Waals surface area contributed by atoms with Crippen molar-refractivity contribution < 1.29 is 47.4 Å². The second-order valence-electron chi connectivity index (χ2n) is 24.6. The molecule has 2 heterocycles. The van der Waals surface area contributed by atoms with E-state index in [0.29, 0.717) is 101 Å². The van der Waals surface area contributed by atoms with Crippen LogP contribution in [0.3, 0.4) is 0 Å². The molecule has 0 unspecified atom stereocenters. The molecule has 10 aliphatic carbocycles. The predicted octanol–water partition coefficient (Wildman–Crippen LogP) is 16.1. The Balaban J connectivity index is 0.837. The molecule has 15 aromatic rings. The number of aromatic nitrogens is 6. The zero-order chi connectivity index (χ0) is 66.0. The van der Waals surface area contributed by atoms with Crippen LogP contribution < -0.4 is 47.4 Å². The average molecular weight is 1290 g/mol. The Morgan fingerprint density at radius 3 is 0.794 bits per heavy atom. The van der Waals surface area contributed by atoms with Crippen LogP contribution in [0.2, 0.25) is 0 Å². The molecule has 13 aromatic carbocycles. The number of benzene rings is 13. The van der Waals surface area contributed by atoms with E-state index in [4.69, 9.17) is 68.0 Å². The van der Waals surface area contributed by atoms with Crippen LogP contribution in [0.5, 0.6) is 57.5 Å². The molecule has 0 saturated heterocycles. The van der Waals surface area contributed by atoms with Gasteiger partial charge in [0.2, 0.25) is 0 Å². The van der Waals surface area contributed by atoms with E-state index in [0.717, 1.165) is 88.6 Å². The fourth-order valence-electron chi connectivity index (χ4n) is 14.5. The quantitative estimate of drug-likeness (QED) is 0.0843. The molecule has 0 N–H and O–H groups in total. The Bertz CT molecular complexity index is 5170. The van der Waals surface area contributed by atoms with Crippen molar-refractivity contribution >= 4 is 64.6 Å². The summed E-state index contributed by atoms with van der Waals surface area (Å²) in [4.78, 5) is 0. The third-order valence-electron chi connectivity index (χ3n) is 19.2. The summed E-state index contributed by atoms with van der Waals surface area (Å²) in [6.07, 6.45) is 5.85. The highest BCUT2D eigenvalue weighted by Gasteiger charge is 2.26. The lowest BCUT2D eigenvalue weighted by atomic mass is 9.93. The Hall–Kier alpha value is -11.8. The lowest BCUT2D eigenvalue weighted by molar-refractivity contribution is 0.287. The molecule has 16 heteroatoms. The number of nitrogens with zero attached hydrogens (tertiary/aromatic N) is 6. The monoisotopic (exact) mass is 1280 g/mol. The van der Waals surface area contributed by atoms with E-state index in [-0.39, 0.29) is 13.2 Å². The van der Waals surface area contributed by atoms with Gasteiger partial charge in [-0.1, -0.05) is 107 Å². The lowest BCUT2D eigenvalue weighted by Crippen LogP contribution is -2.07. The molecule has 0 aliphatic heterocycles. The van der Waals surface area contributed by atoms with Gasteiger partial charge in [0.15, 0.2) is 0 Å². The summed E-state index contributed by atoms with van der Waals surface area (Å²) in [6, 6.07) is 59.2. The summed E-state index contributed by atoms with van der Waals surface area (Å²) in [5, 5.41) is 33.0. The fraction of sp³-hybridized carbons (Fsp3) is 0.185. The molecule has 0 amide bonds. The number of hydrogen-bond acceptors (Lipinski definition) is 14. The highest BCUT2D eigenvalue weighted by atomic mass is 16.5. The standard InChI is InChI=1S/C81H68N6O10/c1-88-68-34-54-28-56-36-74(94-7)58(38-72(56)92-5)30-60-40-77(97-45-63-43-87(85-83-63)67-26-22-51-18-16-47-12-10-14-49-20-24-65(67)81(51)79(47)49)61(41-76(60)96-44-62-42-86(84-82-62)66-25-21-50-17-15-46-11-9-13-48-19-23-64(66)80(50)78(46)48)31-59-39-73(93-6)57(37-75(59)95-8)29-55-35-69(89-2)53(33-71(55)91-4)27-52(68)32-70(54)90-3/h9-26,32-43H,27-31,44-45H2,1-8H3. The molecule has 10 aliphatic rings. The minimum absolute atomic E-state index is 0.0786. The van der Waals surface area contributed by atoms with Crippen molar-refractivity contribution in [3.05, 3.63) is 249 Å². The largest absolute Gasteiger partial charge is 0.496 e. The van der Waals surface area contributed by atoms with Gasteiger partial charge >= 0.3 is 0 Å². The van der Waals surface area contributed by atoms with Gasteiger partial charge in [0.25, 0.3) is 0 Å². The van der Waals surface area contributed by atoms with Crippen molar-refractivity contribution in [3.63, 3.8) is 0 Å². The van der Waals surface area contributed by atoms with E-state index in [1.54, 1.807) is 56.9 Å². The van der Waals surface area contributed by atoms with Crippen molar-refractivity contribution in [2.24, 2.45) is 0 Å². The maximum absolute atomic E-state index is 7.10. The highest BCUT2D eigenvalue weighted by molar-refractivity contribution is 6.25. The zero-order valence-electron chi connectivity index (χ0n) is 55.0. The molecule has 97 heavy (non-hydrogen) atoms. The molecule has 25 rings (SSSR count). The first-order valence-electron chi connectivity index (χ1n) is 32.1. The van der Waals surface area contributed by atoms with Gasteiger partial charge in [0, 0.05) is 98.5 Å². The van der Waals surface area contributed by atoms with Crippen LogP contribution in [0.15, 0.2) is 182 Å². The summed E-state index contributed by atoms with van der Waals surface area (Å²) in [5.41, 5.74) is 11.7. The Labute approximate surface area is 559 Å². The van der Waals surface area contributed by atoms with Gasteiger partial charge in [0.05, 0.1) is 80.6 Å². The molecule has 0 atom stereocenters. The van der Waals surface area contributed by atoms with Crippen molar-refractivity contribution in [3.8, 4) is 68.9 Å². The van der Waals surface area contributed by atoms with Crippen molar-refractivity contribution in [2.75, 3.05) is 56.9 Å². The maximum Gasteiger partial charge on any atom is 0.134 e. The maximum atomic E-state index is 7.10. The van der Waals surface area contributed by atoms with Gasteiger partial charge in [0.1, 0.15) is 82.1 Å². The third kappa shape index (κ3) is 10.7. The first-order valence-corrected chi connectivity index (χ1v) is 32.1. The van der Waals surface area contributed by atoms with Gasteiger partial charge in [-0.2, -0.15) is 0 Å². The average Bonchev–Trinajstić information content (AvgIpc) is 1.43. The van der Waals surface area contributed by atoms with E-state index >= 15 is 0 Å². The molecule has 0 fully saturated rings. The molecular formula is C81H68N6O10. The molecule has 16 nitrogen and oxygen atoms in total. The van der Waals surface area contributed by atoms with Crippen LogP contribution >= 0.6 is 0 Å². The molecule has 0 radical (unpaired) electrons. The van der Waals surface area contributed by atoms with E-state index in [1.807, 2.05) is 70.3 Å². The summed E-state index contributed by atoms with van der Waals surface area (Å²) < 4.78 is 67.7. The van der Waals surface area contributed by atoms with Crippen molar-refractivity contribution in [1.82, 2.24) is 30.0 Å². The fourth-order valence-corrected chi connectivity index (χ4v) is 14.5. The lowest BCUT2D eigenvalue weighted by Gasteiger charge is -2.21. The van der Waals surface area contributed by atoms with E-state index in [1.165, 1.54) is 43.1 Å². The smallest absolute Gasteiger partial charge is 0.134 e. The third-order valence-corrected chi connectivity index (χ3v) is 19.2. The molecule has 10 bridgehead atoms. The van der Waals surface area contributed by atoms with Crippen LogP contribution in [0.4, 0.5) is 0 Å². The van der Waals surface area contributed by atoms with E-state index in [2.05, 4.69) is 121 Å². The van der Waals surface area contributed by atoms with E-state index in [9.17, 15) is 0 Å². The second kappa shape index (κ2) is 24.8. The molecule has 0 spiro atoms. The van der Waals surface area contributed by atoms with Gasteiger partial charge in [-0.05, 0) is 127 Å². The summed E-state index contributed by atoms with van der Waals surface area (Å²) >= 11 is 0. The minimum atomic E-state index is 0.0786. The topological polar surface area (TPSA) is 154 Å². The number of ether oxygens (including phenoxy) is 10. The number of methoxy groups -OCH3 is 8. The number of rotatable bonds is 16. The highest BCUT2D eigenvalue weighted by Crippen LogP contribution is 2.45. The van der Waals surface area contributed by atoms with Crippen LogP contribution in [0.25, 0.3) is 76.0 Å². The molecule has 2 aromatic heterocycles. The van der Waals surface area contributed by atoms with Crippen molar-refractivity contribution in [1.29, 1.82) is 0 Å². The summed E-state index contributed by atoms with van der Waals surface area (Å²) in [5.74, 6) is 6.48. The van der Waals surface area contributed by atoms with Crippen molar-refractivity contribution in [2.45, 2.75) is 45.3 Å². The van der Waals surface area contributed by atoms with E-state index < -0.39 is 0 Å². The molecule has 0 saturated carbocycles. The van der Waals surface area contributed by atoms with Gasteiger partial charge < -0.3 is 47.4 Å². The van der Waals surface area contributed by atoms with Gasteiger partial charge in [-0.25, -0.2) is 9.36 Å². The molecular weight excluding hydrogens is 1220 g/mol. The Morgan fingerprint density at radius 1 is 0.278 bits per heavy atom. The first-order chi connectivity index (χ1) is 47.6.